The lowest BCUT2D eigenvalue weighted by molar-refractivity contribution is 0.298. The van der Waals surface area contributed by atoms with Crippen LogP contribution in [0.1, 0.15) is 11.3 Å². The van der Waals surface area contributed by atoms with Crippen LogP contribution in [0.5, 0.6) is 5.88 Å². The molecule has 0 fully saturated rings. The molecule has 0 spiro atoms. The molecule has 27 heavy (non-hydrogen) atoms. The highest BCUT2D eigenvalue weighted by Crippen LogP contribution is 2.29. The van der Waals surface area contributed by atoms with Gasteiger partial charge in [0.2, 0.25) is 5.88 Å². The van der Waals surface area contributed by atoms with E-state index in [0.29, 0.717) is 35.3 Å². The summed E-state index contributed by atoms with van der Waals surface area (Å²) in [5, 5.41) is 13.4. The van der Waals surface area contributed by atoms with Gasteiger partial charge < -0.3 is 9.26 Å². The fraction of sp³-hybridized carbons (Fsp3) is 0.105. The van der Waals surface area contributed by atoms with Crippen molar-refractivity contribution in [2.45, 2.75) is 13.5 Å². The maximum Gasteiger partial charge on any atom is 0.225 e. The first-order valence-corrected chi connectivity index (χ1v) is 8.39. The van der Waals surface area contributed by atoms with E-state index in [0.717, 1.165) is 16.5 Å². The highest BCUT2D eigenvalue weighted by Gasteiger charge is 2.18. The molecule has 0 unspecified atom stereocenters. The molecule has 4 heterocycles. The Morgan fingerprint density at radius 3 is 2.89 bits per heavy atom. The van der Waals surface area contributed by atoms with Gasteiger partial charge in [0.05, 0.1) is 10.9 Å². The van der Waals surface area contributed by atoms with Crippen molar-refractivity contribution >= 4 is 16.6 Å². The molecule has 8 nitrogen and oxygen atoms in total. The predicted octanol–water partition coefficient (Wildman–Crippen LogP) is 3.21. The molecule has 5 rings (SSSR count). The molecule has 0 atom stereocenters. The number of para-hydroxylation sites is 1. The Labute approximate surface area is 153 Å². The van der Waals surface area contributed by atoms with Crippen LogP contribution in [0.15, 0.2) is 59.4 Å². The second kappa shape index (κ2) is 6.17. The van der Waals surface area contributed by atoms with Crippen molar-refractivity contribution in [1.29, 1.82) is 0 Å². The molecule has 4 aromatic heterocycles. The topological polar surface area (TPSA) is 91.2 Å². The lowest BCUT2D eigenvalue weighted by atomic mass is 10.2. The molecule has 5 aromatic rings. The number of fused-ring (bicyclic) bond motifs is 3. The van der Waals surface area contributed by atoms with Crippen LogP contribution in [0.3, 0.4) is 0 Å². The quantitative estimate of drug-likeness (QED) is 0.487. The molecular weight excluding hydrogens is 344 g/mol. The SMILES string of the molecule is Cc1cc(-c2nnn3c2nc(OCc2cccnc2)c2ccccc23)no1. The summed E-state index contributed by atoms with van der Waals surface area (Å²) in [5.41, 5.74) is 3.50. The van der Waals surface area contributed by atoms with E-state index >= 15 is 0 Å². The lowest BCUT2D eigenvalue weighted by Crippen LogP contribution is -2.02. The molecule has 0 saturated heterocycles. The average molecular weight is 358 g/mol. The Balaban J connectivity index is 1.66. The second-order valence-electron chi connectivity index (χ2n) is 6.08. The summed E-state index contributed by atoms with van der Waals surface area (Å²) in [6.45, 7) is 2.19. The van der Waals surface area contributed by atoms with Crippen molar-refractivity contribution in [3.63, 3.8) is 0 Å². The van der Waals surface area contributed by atoms with Gasteiger partial charge in [0.15, 0.2) is 11.3 Å². The number of pyridine rings is 1. The Morgan fingerprint density at radius 1 is 1.15 bits per heavy atom. The van der Waals surface area contributed by atoms with E-state index in [1.54, 1.807) is 23.0 Å². The number of rotatable bonds is 4. The van der Waals surface area contributed by atoms with E-state index < -0.39 is 0 Å². The van der Waals surface area contributed by atoms with Crippen LogP contribution < -0.4 is 4.74 Å². The summed E-state index contributed by atoms with van der Waals surface area (Å²) in [6.07, 6.45) is 3.50. The van der Waals surface area contributed by atoms with Gasteiger partial charge in [-0.3, -0.25) is 4.98 Å². The Kier molecular flexibility index (Phi) is 3.53. The molecule has 0 bridgehead atoms. The average Bonchev–Trinajstić information content (AvgIpc) is 3.33. The first-order valence-electron chi connectivity index (χ1n) is 8.39. The summed E-state index contributed by atoms with van der Waals surface area (Å²) < 4.78 is 12.9. The van der Waals surface area contributed by atoms with E-state index in [-0.39, 0.29) is 0 Å². The minimum absolute atomic E-state index is 0.362. The maximum absolute atomic E-state index is 6.02. The minimum atomic E-state index is 0.362. The molecule has 0 radical (unpaired) electrons. The molecule has 8 heteroatoms. The van der Waals surface area contributed by atoms with Crippen LogP contribution in [0.2, 0.25) is 0 Å². The summed E-state index contributed by atoms with van der Waals surface area (Å²) in [4.78, 5) is 8.79. The van der Waals surface area contributed by atoms with Gasteiger partial charge >= 0.3 is 0 Å². The normalized spacial score (nSPS) is 11.3. The molecule has 0 aliphatic heterocycles. The van der Waals surface area contributed by atoms with Crippen LogP contribution in [0.25, 0.3) is 27.9 Å². The van der Waals surface area contributed by atoms with Crippen molar-refractivity contribution < 1.29 is 9.26 Å². The largest absolute Gasteiger partial charge is 0.472 e. The zero-order chi connectivity index (χ0) is 18.2. The van der Waals surface area contributed by atoms with Crippen LogP contribution in [0, 0.1) is 6.92 Å². The van der Waals surface area contributed by atoms with Crippen molar-refractivity contribution in [1.82, 2.24) is 30.0 Å². The number of nitrogens with zero attached hydrogens (tertiary/aromatic N) is 6. The van der Waals surface area contributed by atoms with Gasteiger partial charge in [-0.1, -0.05) is 28.6 Å². The van der Waals surface area contributed by atoms with E-state index in [1.165, 1.54) is 0 Å². The fourth-order valence-electron chi connectivity index (χ4n) is 2.92. The summed E-state index contributed by atoms with van der Waals surface area (Å²) in [5.74, 6) is 1.20. The maximum atomic E-state index is 6.02. The molecule has 0 aliphatic carbocycles. The third kappa shape index (κ3) is 2.67. The van der Waals surface area contributed by atoms with Crippen molar-refractivity contribution in [3.05, 3.63) is 66.2 Å². The molecule has 1 aromatic carbocycles. The molecule has 132 valence electrons. The van der Waals surface area contributed by atoms with Gasteiger partial charge in [0.25, 0.3) is 0 Å². The van der Waals surface area contributed by atoms with Crippen LogP contribution in [0.4, 0.5) is 0 Å². The molecule has 0 aliphatic rings. The third-order valence-electron chi connectivity index (χ3n) is 4.19. The van der Waals surface area contributed by atoms with Crippen LogP contribution >= 0.6 is 0 Å². The minimum Gasteiger partial charge on any atom is -0.472 e. The standard InChI is InChI=1S/C19H14N6O2/c1-12-9-15(23-27-12)17-18-21-19(26-11-13-5-4-8-20-10-13)14-6-2-3-7-16(14)25(18)24-22-17/h2-10H,11H2,1H3. The first-order chi connectivity index (χ1) is 13.3. The second-order valence-corrected chi connectivity index (χ2v) is 6.08. The lowest BCUT2D eigenvalue weighted by Gasteiger charge is -2.09. The zero-order valence-corrected chi connectivity index (χ0v) is 14.4. The van der Waals surface area contributed by atoms with Gasteiger partial charge in [-0.25, -0.2) is 0 Å². The van der Waals surface area contributed by atoms with E-state index in [1.807, 2.05) is 43.3 Å². The third-order valence-corrected chi connectivity index (χ3v) is 4.19. The zero-order valence-electron chi connectivity index (χ0n) is 14.4. The number of ether oxygens (including phenoxy) is 1. The van der Waals surface area contributed by atoms with Gasteiger partial charge in [0.1, 0.15) is 18.1 Å². The molecule has 0 saturated carbocycles. The Hall–Kier alpha value is -3.81. The number of hydrogen-bond acceptors (Lipinski definition) is 7. The number of aryl methyl sites for hydroxylation is 1. The summed E-state index contributed by atoms with van der Waals surface area (Å²) in [7, 11) is 0. The smallest absolute Gasteiger partial charge is 0.225 e. The van der Waals surface area contributed by atoms with Crippen LogP contribution in [-0.4, -0.2) is 30.0 Å². The van der Waals surface area contributed by atoms with Crippen molar-refractivity contribution in [2.75, 3.05) is 0 Å². The monoisotopic (exact) mass is 358 g/mol. The van der Waals surface area contributed by atoms with Gasteiger partial charge in [-0.05, 0) is 25.1 Å². The highest BCUT2D eigenvalue weighted by atomic mass is 16.5. The Bertz CT molecular complexity index is 1250. The first kappa shape index (κ1) is 15.4. The number of hydrogen-bond donors (Lipinski definition) is 0. The van der Waals surface area contributed by atoms with Gasteiger partial charge in [-0.2, -0.15) is 9.50 Å². The van der Waals surface area contributed by atoms with Crippen molar-refractivity contribution in [2.24, 2.45) is 0 Å². The summed E-state index contributed by atoms with van der Waals surface area (Å²) >= 11 is 0. The highest BCUT2D eigenvalue weighted by molar-refractivity contribution is 5.88. The van der Waals surface area contributed by atoms with Gasteiger partial charge in [-0.15, -0.1) is 5.10 Å². The fourth-order valence-corrected chi connectivity index (χ4v) is 2.92. The molecule has 0 N–H and O–H groups in total. The molecule has 0 amide bonds. The Morgan fingerprint density at radius 2 is 2.07 bits per heavy atom. The van der Waals surface area contributed by atoms with E-state index in [2.05, 4.69) is 25.4 Å². The predicted molar refractivity (Wildman–Crippen MR) is 97.1 cm³/mol. The van der Waals surface area contributed by atoms with E-state index in [4.69, 9.17) is 9.26 Å². The summed E-state index contributed by atoms with van der Waals surface area (Å²) in [6, 6.07) is 13.4. The van der Waals surface area contributed by atoms with E-state index in [9.17, 15) is 0 Å². The van der Waals surface area contributed by atoms with Crippen LogP contribution in [-0.2, 0) is 6.61 Å². The van der Waals surface area contributed by atoms with Gasteiger partial charge in [0, 0.05) is 24.0 Å². The number of benzene rings is 1. The van der Waals surface area contributed by atoms with Crippen molar-refractivity contribution in [3.8, 4) is 17.3 Å². The number of aromatic nitrogens is 6. The molecular formula is C19H14N6O2.